The zero-order valence-electron chi connectivity index (χ0n) is 15.0. The number of hydrogen-bond acceptors (Lipinski definition) is 7. The molecular formula is C17H22N4O4S. The summed E-state index contributed by atoms with van der Waals surface area (Å²) in [5.74, 6) is -0.0355. The molecule has 9 heteroatoms. The van der Waals surface area contributed by atoms with Crippen LogP contribution in [0, 0.1) is 10.1 Å². The molecule has 0 bridgehead atoms. The topological polar surface area (TPSA) is 107 Å². The van der Waals surface area contributed by atoms with Gasteiger partial charge in [-0.1, -0.05) is 38.0 Å². The monoisotopic (exact) mass is 378 g/mol. The smallest absolute Gasteiger partial charge is 0.311 e. The van der Waals surface area contributed by atoms with Gasteiger partial charge in [0.1, 0.15) is 5.01 Å². The molecule has 0 spiro atoms. The first-order valence-corrected chi connectivity index (χ1v) is 9.28. The van der Waals surface area contributed by atoms with Crippen LogP contribution in [0.15, 0.2) is 18.2 Å². The Morgan fingerprint density at radius 3 is 2.77 bits per heavy atom. The van der Waals surface area contributed by atoms with Crippen molar-refractivity contribution in [3.05, 3.63) is 38.9 Å². The van der Waals surface area contributed by atoms with E-state index < -0.39 is 10.8 Å². The second kappa shape index (κ2) is 9.23. The Morgan fingerprint density at radius 2 is 2.15 bits per heavy atom. The Balaban J connectivity index is 2.13. The molecule has 1 amide bonds. The summed E-state index contributed by atoms with van der Waals surface area (Å²) in [5.41, 5.74) is -0.101. The van der Waals surface area contributed by atoms with E-state index in [9.17, 15) is 14.9 Å². The van der Waals surface area contributed by atoms with Crippen LogP contribution in [-0.4, -0.2) is 28.1 Å². The molecule has 1 unspecified atom stereocenters. The van der Waals surface area contributed by atoms with Crippen LogP contribution in [0.3, 0.4) is 0 Å². The number of benzene rings is 1. The van der Waals surface area contributed by atoms with Gasteiger partial charge in [-0.25, -0.2) is 0 Å². The maximum Gasteiger partial charge on any atom is 0.311 e. The van der Waals surface area contributed by atoms with Crippen molar-refractivity contribution in [3.63, 3.8) is 0 Å². The molecule has 0 radical (unpaired) electrons. The fourth-order valence-electron chi connectivity index (χ4n) is 2.55. The summed E-state index contributed by atoms with van der Waals surface area (Å²) in [4.78, 5) is 22.9. The number of carbonyl (C=O) groups is 1. The van der Waals surface area contributed by atoms with Gasteiger partial charge >= 0.3 is 5.69 Å². The molecule has 0 aliphatic carbocycles. The van der Waals surface area contributed by atoms with E-state index in [1.807, 2.05) is 0 Å². The summed E-state index contributed by atoms with van der Waals surface area (Å²) < 4.78 is 4.94. The molecule has 1 aromatic carbocycles. The van der Waals surface area contributed by atoms with E-state index in [0.717, 1.165) is 30.7 Å². The Bertz CT molecular complexity index is 778. The van der Waals surface area contributed by atoms with Crippen LogP contribution in [0.1, 0.15) is 60.8 Å². The van der Waals surface area contributed by atoms with Crippen LogP contribution >= 0.6 is 11.3 Å². The number of methoxy groups -OCH3 is 1. The molecule has 0 fully saturated rings. The van der Waals surface area contributed by atoms with E-state index in [0.29, 0.717) is 11.0 Å². The number of nitrogens with zero attached hydrogens (tertiary/aromatic N) is 3. The predicted molar refractivity (Wildman–Crippen MR) is 100 cm³/mol. The van der Waals surface area contributed by atoms with Crippen LogP contribution in [-0.2, 0) is 0 Å². The summed E-state index contributed by atoms with van der Waals surface area (Å²) in [7, 11) is 1.34. The maximum absolute atomic E-state index is 12.4. The molecular weight excluding hydrogens is 356 g/mol. The average molecular weight is 378 g/mol. The third kappa shape index (κ3) is 4.75. The number of rotatable bonds is 9. The minimum absolute atomic E-state index is 0.103. The number of aromatic nitrogens is 2. The molecule has 1 heterocycles. The Labute approximate surface area is 155 Å². The first kappa shape index (κ1) is 19.8. The lowest BCUT2D eigenvalue weighted by Crippen LogP contribution is -2.12. The second-order valence-electron chi connectivity index (χ2n) is 5.79. The lowest BCUT2D eigenvalue weighted by molar-refractivity contribution is -0.385. The minimum atomic E-state index is -0.585. The van der Waals surface area contributed by atoms with Crippen molar-refractivity contribution in [1.82, 2.24) is 10.2 Å². The summed E-state index contributed by atoms with van der Waals surface area (Å²) in [6.07, 6.45) is 4.25. The number of carbonyl (C=O) groups excluding carboxylic acids is 1. The van der Waals surface area contributed by atoms with Gasteiger partial charge in [-0.05, 0) is 25.0 Å². The lowest BCUT2D eigenvalue weighted by atomic mass is 10.0. The number of ether oxygens (including phenoxy) is 1. The van der Waals surface area contributed by atoms with Crippen molar-refractivity contribution in [1.29, 1.82) is 0 Å². The number of nitro groups is 1. The summed E-state index contributed by atoms with van der Waals surface area (Å²) >= 11 is 1.34. The molecule has 140 valence electrons. The van der Waals surface area contributed by atoms with Gasteiger partial charge in [-0.3, -0.25) is 20.2 Å². The molecule has 0 aliphatic heterocycles. The number of nitrogens with one attached hydrogen (secondary N) is 1. The summed E-state index contributed by atoms with van der Waals surface area (Å²) in [6, 6.07) is 4.06. The van der Waals surface area contributed by atoms with E-state index in [-0.39, 0.29) is 17.0 Å². The van der Waals surface area contributed by atoms with Crippen molar-refractivity contribution in [3.8, 4) is 5.75 Å². The fraction of sp³-hybridized carbons (Fsp3) is 0.471. The van der Waals surface area contributed by atoms with Gasteiger partial charge in [0.15, 0.2) is 5.75 Å². The SMILES string of the molecule is CCCCC(CC)c1nnc(NC(=O)c2ccc(OC)c([N+](=O)[O-])c2)s1. The molecule has 1 N–H and O–H groups in total. The van der Waals surface area contributed by atoms with E-state index in [1.165, 1.54) is 36.6 Å². The van der Waals surface area contributed by atoms with Crippen LogP contribution in [0.4, 0.5) is 10.8 Å². The first-order chi connectivity index (χ1) is 12.5. The van der Waals surface area contributed by atoms with Crippen molar-refractivity contribution < 1.29 is 14.5 Å². The second-order valence-corrected chi connectivity index (χ2v) is 6.80. The van der Waals surface area contributed by atoms with Gasteiger partial charge in [0.05, 0.1) is 12.0 Å². The van der Waals surface area contributed by atoms with Crippen molar-refractivity contribution in [2.45, 2.75) is 45.4 Å². The number of hydrogen-bond donors (Lipinski definition) is 1. The Kier molecular flexibility index (Phi) is 7.02. The number of nitro benzene ring substituents is 1. The van der Waals surface area contributed by atoms with E-state index in [2.05, 4.69) is 29.4 Å². The minimum Gasteiger partial charge on any atom is -0.490 e. The molecule has 0 saturated carbocycles. The van der Waals surface area contributed by atoms with Gasteiger partial charge in [0.2, 0.25) is 5.13 Å². The van der Waals surface area contributed by atoms with Crippen LogP contribution in [0.2, 0.25) is 0 Å². The Hall–Kier alpha value is -2.55. The van der Waals surface area contributed by atoms with Crippen LogP contribution in [0.25, 0.3) is 0 Å². The molecule has 2 aromatic rings. The van der Waals surface area contributed by atoms with Gasteiger partial charge < -0.3 is 4.74 Å². The van der Waals surface area contributed by atoms with Crippen molar-refractivity contribution in [2.75, 3.05) is 12.4 Å². The highest BCUT2D eigenvalue weighted by atomic mass is 32.1. The molecule has 26 heavy (non-hydrogen) atoms. The zero-order valence-corrected chi connectivity index (χ0v) is 15.8. The first-order valence-electron chi connectivity index (χ1n) is 8.47. The van der Waals surface area contributed by atoms with E-state index in [1.54, 1.807) is 0 Å². The van der Waals surface area contributed by atoms with Crippen molar-refractivity contribution in [2.24, 2.45) is 0 Å². The molecule has 0 aliphatic rings. The summed E-state index contributed by atoms with van der Waals surface area (Å²) in [5, 5.41) is 23.2. The van der Waals surface area contributed by atoms with E-state index in [4.69, 9.17) is 4.74 Å². The Morgan fingerprint density at radius 1 is 1.38 bits per heavy atom. The molecule has 1 aromatic heterocycles. The van der Waals surface area contributed by atoms with Gasteiger partial charge in [0, 0.05) is 17.5 Å². The molecule has 0 saturated heterocycles. The molecule has 2 rings (SSSR count). The van der Waals surface area contributed by atoms with Gasteiger partial charge in [-0.2, -0.15) is 0 Å². The number of amides is 1. The maximum atomic E-state index is 12.4. The quantitative estimate of drug-likeness (QED) is 0.512. The highest BCUT2D eigenvalue weighted by Gasteiger charge is 2.20. The van der Waals surface area contributed by atoms with Crippen LogP contribution < -0.4 is 10.1 Å². The standard InChI is InChI=1S/C17H22N4O4S/c1-4-6-7-11(5-2)16-19-20-17(26-16)18-15(22)12-8-9-14(25-3)13(10-12)21(23)24/h8-11H,4-7H2,1-3H3,(H,18,20,22). The third-order valence-corrected chi connectivity index (χ3v) is 5.05. The van der Waals surface area contributed by atoms with Crippen LogP contribution in [0.5, 0.6) is 5.75 Å². The average Bonchev–Trinajstić information content (AvgIpc) is 3.10. The third-order valence-electron chi connectivity index (χ3n) is 4.05. The largest absolute Gasteiger partial charge is 0.490 e. The highest BCUT2D eigenvalue weighted by molar-refractivity contribution is 7.15. The predicted octanol–water partition coefficient (Wildman–Crippen LogP) is 4.39. The van der Waals surface area contributed by atoms with Crippen molar-refractivity contribution >= 4 is 28.1 Å². The van der Waals surface area contributed by atoms with E-state index >= 15 is 0 Å². The summed E-state index contributed by atoms with van der Waals surface area (Å²) in [6.45, 7) is 4.25. The zero-order chi connectivity index (χ0) is 19.1. The number of unbranched alkanes of at least 4 members (excludes halogenated alkanes) is 1. The van der Waals surface area contributed by atoms with Gasteiger partial charge in [0.25, 0.3) is 5.91 Å². The molecule has 1 atom stereocenters. The van der Waals surface area contributed by atoms with Gasteiger partial charge in [-0.15, -0.1) is 10.2 Å². The lowest BCUT2D eigenvalue weighted by Gasteiger charge is -2.09. The highest BCUT2D eigenvalue weighted by Crippen LogP contribution is 2.31. The normalized spacial score (nSPS) is 11.8. The number of anilines is 1. The molecule has 8 nitrogen and oxygen atoms in total. The fourth-order valence-corrected chi connectivity index (χ4v) is 3.50.